The molecule has 0 atom stereocenters. The molecule has 6 heteroatoms. The topological polar surface area (TPSA) is 72.8 Å². The smallest absolute Gasteiger partial charge is 0.267 e. The van der Waals surface area contributed by atoms with E-state index in [4.69, 9.17) is 14.0 Å². The SMILES string of the molecule is C=CCOCCOCCS(=O)(=O)O. The van der Waals surface area contributed by atoms with Gasteiger partial charge in [0.1, 0.15) is 0 Å². The van der Waals surface area contributed by atoms with Crippen molar-refractivity contribution in [2.45, 2.75) is 0 Å². The van der Waals surface area contributed by atoms with Gasteiger partial charge in [0.25, 0.3) is 10.1 Å². The minimum Gasteiger partial charge on any atom is -0.378 e. The Kier molecular flexibility index (Phi) is 6.79. The van der Waals surface area contributed by atoms with Crippen LogP contribution in [0.4, 0.5) is 0 Å². The molecule has 78 valence electrons. The third-order valence-corrected chi connectivity index (χ3v) is 1.78. The summed E-state index contributed by atoms with van der Waals surface area (Å²) in [7, 11) is -3.90. The highest BCUT2D eigenvalue weighted by Gasteiger charge is 2.02. The molecule has 1 N–H and O–H groups in total. The molecule has 5 nitrogen and oxygen atoms in total. The summed E-state index contributed by atoms with van der Waals surface area (Å²) in [6.45, 7) is 4.57. The summed E-state index contributed by atoms with van der Waals surface area (Å²) in [6, 6.07) is 0. The Morgan fingerprint density at radius 1 is 1.23 bits per heavy atom. The Morgan fingerprint density at radius 3 is 2.38 bits per heavy atom. The molecule has 0 amide bonds. The molecule has 0 spiro atoms. The van der Waals surface area contributed by atoms with Gasteiger partial charge in [-0.2, -0.15) is 8.42 Å². The molecule has 0 unspecified atom stereocenters. The molecule has 0 aromatic rings. The van der Waals surface area contributed by atoms with Gasteiger partial charge in [-0.15, -0.1) is 6.58 Å². The summed E-state index contributed by atoms with van der Waals surface area (Å²) in [5.41, 5.74) is 0. The fourth-order valence-corrected chi connectivity index (χ4v) is 0.879. The first-order valence-corrected chi connectivity index (χ1v) is 5.38. The van der Waals surface area contributed by atoms with Crippen molar-refractivity contribution in [3.05, 3.63) is 12.7 Å². The van der Waals surface area contributed by atoms with Crippen molar-refractivity contribution in [2.75, 3.05) is 32.2 Å². The van der Waals surface area contributed by atoms with Gasteiger partial charge in [0.15, 0.2) is 0 Å². The number of ether oxygens (including phenoxy) is 2. The maximum absolute atomic E-state index is 10.2. The minimum atomic E-state index is -3.90. The van der Waals surface area contributed by atoms with E-state index >= 15 is 0 Å². The summed E-state index contributed by atoms with van der Waals surface area (Å²) < 4.78 is 38.5. The highest BCUT2D eigenvalue weighted by Crippen LogP contribution is 1.84. The molecule has 13 heavy (non-hydrogen) atoms. The Morgan fingerprint density at radius 2 is 1.85 bits per heavy atom. The lowest BCUT2D eigenvalue weighted by Gasteiger charge is -2.02. The van der Waals surface area contributed by atoms with E-state index in [9.17, 15) is 8.42 Å². The molecule has 0 saturated heterocycles. The van der Waals surface area contributed by atoms with Gasteiger partial charge in [0.05, 0.1) is 32.2 Å². The third kappa shape index (κ3) is 11.6. The van der Waals surface area contributed by atoms with Gasteiger partial charge >= 0.3 is 0 Å². The van der Waals surface area contributed by atoms with Crippen LogP contribution in [0.15, 0.2) is 12.7 Å². The highest BCUT2D eigenvalue weighted by atomic mass is 32.2. The second kappa shape index (κ2) is 7.02. The second-order valence-electron chi connectivity index (χ2n) is 2.26. The Bertz CT molecular complexity index is 221. The van der Waals surface area contributed by atoms with Gasteiger partial charge in [-0.05, 0) is 0 Å². The van der Waals surface area contributed by atoms with E-state index in [1.165, 1.54) is 0 Å². The zero-order valence-electron chi connectivity index (χ0n) is 7.31. The van der Waals surface area contributed by atoms with Gasteiger partial charge in [0, 0.05) is 0 Å². The van der Waals surface area contributed by atoms with Crippen molar-refractivity contribution in [1.82, 2.24) is 0 Å². The van der Waals surface area contributed by atoms with E-state index in [0.717, 1.165) is 0 Å². The molecule has 0 aromatic heterocycles. The second-order valence-corrected chi connectivity index (χ2v) is 3.83. The molecule has 0 rings (SSSR count). The predicted octanol–water partition coefficient (Wildman–Crippen LogP) is 0.0934. The molecule has 0 fully saturated rings. The van der Waals surface area contributed by atoms with Crippen LogP contribution in [0.1, 0.15) is 0 Å². The molecule has 0 aromatic carbocycles. The van der Waals surface area contributed by atoms with Crippen molar-refractivity contribution in [3.63, 3.8) is 0 Å². The summed E-state index contributed by atoms with van der Waals surface area (Å²) in [6.07, 6.45) is 1.61. The lowest BCUT2D eigenvalue weighted by atomic mass is 10.7. The maximum Gasteiger partial charge on any atom is 0.267 e. The molecule has 0 saturated carbocycles. The minimum absolute atomic E-state index is 0.0176. The van der Waals surface area contributed by atoms with Gasteiger partial charge < -0.3 is 9.47 Å². The van der Waals surface area contributed by atoms with Crippen LogP contribution in [0.25, 0.3) is 0 Å². The van der Waals surface area contributed by atoms with Gasteiger partial charge in [-0.25, -0.2) is 0 Å². The quantitative estimate of drug-likeness (QED) is 0.349. The lowest BCUT2D eigenvalue weighted by Crippen LogP contribution is -2.13. The van der Waals surface area contributed by atoms with Crippen LogP contribution in [0.5, 0.6) is 0 Å². The van der Waals surface area contributed by atoms with Crippen LogP contribution >= 0.6 is 0 Å². The first-order chi connectivity index (χ1) is 6.06. The molecule has 0 heterocycles. The van der Waals surface area contributed by atoms with Crippen molar-refractivity contribution < 1.29 is 22.4 Å². The van der Waals surface area contributed by atoms with Gasteiger partial charge in [-0.1, -0.05) is 6.08 Å². The number of rotatable bonds is 8. The average Bonchev–Trinajstić information content (AvgIpc) is 2.01. The summed E-state index contributed by atoms with van der Waals surface area (Å²) in [5, 5.41) is 0. The third-order valence-electron chi connectivity index (χ3n) is 1.09. The molecular weight excluding hydrogens is 196 g/mol. The normalized spacial score (nSPS) is 11.5. The van der Waals surface area contributed by atoms with Crippen LogP contribution < -0.4 is 0 Å². The van der Waals surface area contributed by atoms with E-state index in [1.807, 2.05) is 0 Å². The largest absolute Gasteiger partial charge is 0.378 e. The van der Waals surface area contributed by atoms with E-state index < -0.39 is 10.1 Å². The van der Waals surface area contributed by atoms with Gasteiger partial charge in [0.2, 0.25) is 0 Å². The summed E-state index contributed by atoms with van der Waals surface area (Å²) in [4.78, 5) is 0. The zero-order chi connectivity index (χ0) is 10.2. The molecule has 0 aliphatic carbocycles. The van der Waals surface area contributed by atoms with E-state index in [0.29, 0.717) is 19.8 Å². The van der Waals surface area contributed by atoms with E-state index in [2.05, 4.69) is 6.58 Å². The lowest BCUT2D eigenvalue weighted by molar-refractivity contribution is 0.0648. The van der Waals surface area contributed by atoms with Crippen molar-refractivity contribution in [3.8, 4) is 0 Å². The summed E-state index contributed by atoms with van der Waals surface area (Å²) in [5.74, 6) is -0.380. The molecular formula is C7H14O5S. The van der Waals surface area contributed by atoms with E-state index in [-0.39, 0.29) is 12.4 Å². The van der Waals surface area contributed by atoms with Crippen molar-refractivity contribution in [1.29, 1.82) is 0 Å². The first kappa shape index (κ1) is 12.6. The standard InChI is InChI=1S/C7H14O5S/c1-2-3-11-4-5-12-6-7-13(8,9)10/h2H,1,3-7H2,(H,8,9,10). The zero-order valence-corrected chi connectivity index (χ0v) is 8.12. The average molecular weight is 210 g/mol. The highest BCUT2D eigenvalue weighted by molar-refractivity contribution is 7.85. The monoisotopic (exact) mass is 210 g/mol. The molecule has 0 radical (unpaired) electrons. The fourth-order valence-electron chi connectivity index (χ4n) is 0.551. The molecule has 0 bridgehead atoms. The van der Waals surface area contributed by atoms with E-state index in [1.54, 1.807) is 6.08 Å². The van der Waals surface area contributed by atoms with Crippen LogP contribution in [-0.2, 0) is 19.6 Å². The van der Waals surface area contributed by atoms with Crippen LogP contribution in [0, 0.1) is 0 Å². The maximum atomic E-state index is 10.2. The fraction of sp³-hybridized carbons (Fsp3) is 0.714. The summed E-state index contributed by atoms with van der Waals surface area (Å²) >= 11 is 0. The number of hydrogen-bond acceptors (Lipinski definition) is 4. The van der Waals surface area contributed by atoms with Crippen LogP contribution in [-0.4, -0.2) is 45.2 Å². The Balaban J connectivity index is 3.13. The first-order valence-electron chi connectivity index (χ1n) is 3.78. The Hall–Kier alpha value is -0.430. The predicted molar refractivity (Wildman–Crippen MR) is 48.3 cm³/mol. The van der Waals surface area contributed by atoms with Gasteiger partial charge in [-0.3, -0.25) is 4.55 Å². The molecule has 0 aliphatic rings. The van der Waals surface area contributed by atoms with Crippen LogP contribution in [0.3, 0.4) is 0 Å². The van der Waals surface area contributed by atoms with Crippen molar-refractivity contribution in [2.24, 2.45) is 0 Å². The Labute approximate surface area is 78.1 Å². The number of hydrogen-bond donors (Lipinski definition) is 1. The van der Waals surface area contributed by atoms with Crippen LogP contribution in [0.2, 0.25) is 0 Å². The van der Waals surface area contributed by atoms with Crippen molar-refractivity contribution >= 4 is 10.1 Å². The molecule has 0 aliphatic heterocycles.